The van der Waals surface area contributed by atoms with Crippen LogP contribution in [0.3, 0.4) is 0 Å². The number of hydrogen-bond acceptors (Lipinski definition) is 5. The summed E-state index contributed by atoms with van der Waals surface area (Å²) in [6.45, 7) is 2.34. The Labute approximate surface area is 151 Å². The van der Waals surface area contributed by atoms with Gasteiger partial charge in [0.25, 0.3) is 0 Å². The zero-order chi connectivity index (χ0) is 16.9. The number of hydrazone groups is 1. The number of thiazole rings is 1. The van der Waals surface area contributed by atoms with Crippen LogP contribution in [0.4, 0.5) is 10.8 Å². The highest BCUT2D eigenvalue weighted by Gasteiger charge is 2.11. The molecule has 5 heteroatoms. The quantitative estimate of drug-likeness (QED) is 0.529. The van der Waals surface area contributed by atoms with Crippen molar-refractivity contribution in [2.45, 2.75) is 12.8 Å². The van der Waals surface area contributed by atoms with Gasteiger partial charge < -0.3 is 4.90 Å². The van der Waals surface area contributed by atoms with Crippen molar-refractivity contribution in [1.29, 1.82) is 0 Å². The maximum absolute atomic E-state index is 4.57. The molecule has 0 unspecified atom stereocenters. The first-order valence-corrected chi connectivity index (χ1v) is 9.41. The van der Waals surface area contributed by atoms with Crippen LogP contribution >= 0.6 is 11.3 Å². The summed E-state index contributed by atoms with van der Waals surface area (Å²) in [4.78, 5) is 7.00. The Balaban J connectivity index is 1.37. The standard InChI is InChI=1S/C20H20N4S/c1-2-6-17(7-3-1)19-15-25-20(22-19)23-21-14-16-8-10-18(11-9-16)24-12-4-5-13-24/h1-3,6-11,14-15H,4-5,12-13H2,(H,22,23). The monoisotopic (exact) mass is 348 g/mol. The van der Waals surface area contributed by atoms with E-state index in [1.807, 2.05) is 29.8 Å². The zero-order valence-corrected chi connectivity index (χ0v) is 14.7. The average Bonchev–Trinajstić information content (AvgIpc) is 3.35. The average molecular weight is 348 g/mol. The van der Waals surface area contributed by atoms with Crippen molar-refractivity contribution in [3.8, 4) is 11.3 Å². The molecule has 3 aromatic rings. The molecule has 25 heavy (non-hydrogen) atoms. The Morgan fingerprint density at radius 2 is 1.76 bits per heavy atom. The van der Waals surface area contributed by atoms with Crippen molar-refractivity contribution in [2.75, 3.05) is 23.4 Å². The molecule has 0 spiro atoms. The molecule has 2 aromatic carbocycles. The fraction of sp³-hybridized carbons (Fsp3) is 0.200. The normalized spacial score (nSPS) is 14.3. The van der Waals surface area contributed by atoms with Crippen LogP contribution in [-0.4, -0.2) is 24.3 Å². The number of aromatic nitrogens is 1. The SMILES string of the molecule is C(=NNc1nc(-c2ccccc2)cs1)c1ccc(N2CCCC2)cc1. The number of nitrogens with zero attached hydrogens (tertiary/aromatic N) is 3. The molecule has 0 aliphatic carbocycles. The van der Waals surface area contributed by atoms with E-state index in [0.29, 0.717) is 0 Å². The highest BCUT2D eigenvalue weighted by molar-refractivity contribution is 7.14. The van der Waals surface area contributed by atoms with E-state index in [4.69, 9.17) is 0 Å². The van der Waals surface area contributed by atoms with E-state index in [1.54, 1.807) is 11.3 Å². The molecule has 0 bridgehead atoms. The van der Waals surface area contributed by atoms with E-state index in [-0.39, 0.29) is 0 Å². The number of rotatable bonds is 5. The third-order valence-electron chi connectivity index (χ3n) is 4.31. The first kappa shape index (κ1) is 15.8. The van der Waals surface area contributed by atoms with E-state index in [0.717, 1.165) is 22.0 Å². The van der Waals surface area contributed by atoms with Crippen LogP contribution in [0, 0.1) is 0 Å². The van der Waals surface area contributed by atoms with Gasteiger partial charge in [-0.2, -0.15) is 5.10 Å². The molecule has 1 N–H and O–H groups in total. The summed E-state index contributed by atoms with van der Waals surface area (Å²) in [5.41, 5.74) is 7.49. The molecule has 1 aromatic heterocycles. The summed E-state index contributed by atoms with van der Waals surface area (Å²) in [7, 11) is 0. The molecule has 0 amide bonds. The van der Waals surface area contributed by atoms with E-state index in [2.05, 4.69) is 56.8 Å². The lowest BCUT2D eigenvalue weighted by Crippen LogP contribution is -2.17. The molecule has 1 saturated heterocycles. The van der Waals surface area contributed by atoms with Crippen molar-refractivity contribution in [2.24, 2.45) is 5.10 Å². The molecular weight excluding hydrogens is 328 g/mol. The van der Waals surface area contributed by atoms with Gasteiger partial charge in [0.2, 0.25) is 5.13 Å². The van der Waals surface area contributed by atoms with Crippen LogP contribution in [0.15, 0.2) is 65.1 Å². The van der Waals surface area contributed by atoms with Crippen molar-refractivity contribution < 1.29 is 0 Å². The second-order valence-electron chi connectivity index (χ2n) is 6.06. The lowest BCUT2D eigenvalue weighted by atomic mass is 10.2. The van der Waals surface area contributed by atoms with Crippen LogP contribution in [-0.2, 0) is 0 Å². The lowest BCUT2D eigenvalue weighted by Gasteiger charge is -2.17. The molecule has 2 heterocycles. The maximum Gasteiger partial charge on any atom is 0.203 e. The fourth-order valence-corrected chi connectivity index (χ4v) is 3.64. The Hall–Kier alpha value is -2.66. The van der Waals surface area contributed by atoms with Gasteiger partial charge in [-0.15, -0.1) is 11.3 Å². The van der Waals surface area contributed by atoms with Gasteiger partial charge in [-0.25, -0.2) is 4.98 Å². The van der Waals surface area contributed by atoms with Gasteiger partial charge in [0.1, 0.15) is 0 Å². The molecule has 4 nitrogen and oxygen atoms in total. The highest BCUT2D eigenvalue weighted by Crippen LogP contribution is 2.24. The molecule has 0 saturated carbocycles. The smallest absolute Gasteiger partial charge is 0.203 e. The lowest BCUT2D eigenvalue weighted by molar-refractivity contribution is 0.949. The number of nitrogens with one attached hydrogen (secondary N) is 1. The predicted octanol–water partition coefficient (Wildman–Crippen LogP) is 4.86. The van der Waals surface area contributed by atoms with Gasteiger partial charge in [0.15, 0.2) is 0 Å². The Morgan fingerprint density at radius 3 is 2.52 bits per heavy atom. The van der Waals surface area contributed by atoms with E-state index in [9.17, 15) is 0 Å². The minimum Gasteiger partial charge on any atom is -0.372 e. The van der Waals surface area contributed by atoms with Crippen LogP contribution < -0.4 is 10.3 Å². The molecule has 0 atom stereocenters. The summed E-state index contributed by atoms with van der Waals surface area (Å²) in [5.74, 6) is 0. The summed E-state index contributed by atoms with van der Waals surface area (Å²) in [6.07, 6.45) is 4.43. The molecule has 0 radical (unpaired) electrons. The van der Waals surface area contributed by atoms with Crippen molar-refractivity contribution in [1.82, 2.24) is 4.98 Å². The second-order valence-corrected chi connectivity index (χ2v) is 6.92. The molecule has 1 aliphatic rings. The van der Waals surface area contributed by atoms with Crippen molar-refractivity contribution in [3.05, 3.63) is 65.5 Å². The third kappa shape index (κ3) is 3.88. The number of anilines is 2. The largest absolute Gasteiger partial charge is 0.372 e. The predicted molar refractivity (Wildman–Crippen MR) is 107 cm³/mol. The van der Waals surface area contributed by atoms with E-state index in [1.165, 1.54) is 31.6 Å². The molecule has 4 rings (SSSR count). The minimum atomic E-state index is 0.795. The Morgan fingerprint density at radius 1 is 1.00 bits per heavy atom. The summed E-state index contributed by atoms with van der Waals surface area (Å²) in [5, 5.41) is 7.14. The number of hydrogen-bond donors (Lipinski definition) is 1. The van der Waals surface area contributed by atoms with Gasteiger partial charge in [-0.1, -0.05) is 42.5 Å². The van der Waals surface area contributed by atoms with Crippen molar-refractivity contribution in [3.63, 3.8) is 0 Å². The van der Waals surface area contributed by atoms with Gasteiger partial charge >= 0.3 is 0 Å². The maximum atomic E-state index is 4.57. The topological polar surface area (TPSA) is 40.5 Å². The van der Waals surface area contributed by atoms with Gasteiger partial charge in [-0.3, -0.25) is 5.43 Å². The summed E-state index contributed by atoms with van der Waals surface area (Å²) < 4.78 is 0. The molecule has 126 valence electrons. The third-order valence-corrected chi connectivity index (χ3v) is 5.06. The fourth-order valence-electron chi connectivity index (χ4n) is 2.98. The summed E-state index contributed by atoms with van der Waals surface area (Å²) in [6, 6.07) is 18.7. The van der Waals surface area contributed by atoms with Gasteiger partial charge in [0.05, 0.1) is 11.9 Å². The second kappa shape index (κ2) is 7.49. The highest BCUT2D eigenvalue weighted by atomic mass is 32.1. The molecule has 1 fully saturated rings. The first-order chi connectivity index (χ1) is 12.4. The zero-order valence-electron chi connectivity index (χ0n) is 13.9. The van der Waals surface area contributed by atoms with Crippen LogP contribution in [0.5, 0.6) is 0 Å². The summed E-state index contributed by atoms with van der Waals surface area (Å²) >= 11 is 1.56. The van der Waals surface area contributed by atoms with Crippen LogP contribution in [0.2, 0.25) is 0 Å². The Kier molecular flexibility index (Phi) is 4.74. The first-order valence-electron chi connectivity index (χ1n) is 8.53. The molecular formula is C20H20N4S. The van der Waals surface area contributed by atoms with Gasteiger partial charge in [-0.05, 0) is 30.5 Å². The van der Waals surface area contributed by atoms with E-state index < -0.39 is 0 Å². The molecule has 1 aliphatic heterocycles. The van der Waals surface area contributed by atoms with Crippen LogP contribution in [0.25, 0.3) is 11.3 Å². The minimum absolute atomic E-state index is 0.795. The Bertz CT molecular complexity index is 834. The number of benzene rings is 2. The van der Waals surface area contributed by atoms with Crippen LogP contribution in [0.1, 0.15) is 18.4 Å². The van der Waals surface area contributed by atoms with Crippen molar-refractivity contribution >= 4 is 28.4 Å². The van der Waals surface area contributed by atoms with E-state index >= 15 is 0 Å². The van der Waals surface area contributed by atoms with Gasteiger partial charge in [0, 0.05) is 29.7 Å².